The molecule has 0 radical (unpaired) electrons. The van der Waals surface area contributed by atoms with E-state index in [1.165, 1.54) is 0 Å². The number of nitrogens with one attached hydrogen (secondary N) is 2. The molecule has 3 fully saturated rings. The number of amides is 3. The maximum Gasteiger partial charge on any atom is 0.250 e. The lowest BCUT2D eigenvalue weighted by atomic mass is 9.65. The van der Waals surface area contributed by atoms with Crippen LogP contribution in [0, 0.1) is 17.8 Å². The zero-order chi connectivity index (χ0) is 28.5. The van der Waals surface area contributed by atoms with E-state index in [0.29, 0.717) is 31.5 Å². The first-order valence-corrected chi connectivity index (χ1v) is 14.7. The van der Waals surface area contributed by atoms with Gasteiger partial charge < -0.3 is 30.3 Å². The van der Waals surface area contributed by atoms with Gasteiger partial charge in [0, 0.05) is 31.0 Å². The predicted octanol–water partition coefficient (Wildman–Crippen LogP) is 3.17. The number of aliphatic hydroxyl groups excluding tert-OH is 1. The highest BCUT2D eigenvalue weighted by Crippen LogP contribution is 2.64. The van der Waals surface area contributed by atoms with Gasteiger partial charge in [0.05, 0.1) is 30.1 Å². The minimum Gasteiger partial charge on any atom is -0.394 e. The Bertz CT molecular complexity index is 1060. The summed E-state index contributed by atoms with van der Waals surface area (Å²) in [6.45, 7) is 14.0. The summed E-state index contributed by atoms with van der Waals surface area (Å²) in [5.41, 5.74) is -0.198. The normalized spacial score (nSPS) is 30.0. The van der Waals surface area contributed by atoms with Crippen LogP contribution in [-0.2, 0) is 19.1 Å². The average Bonchev–Trinajstić information content (AvgIpc) is 3.53. The third-order valence-electron chi connectivity index (χ3n) is 9.28. The Morgan fingerprint density at radius 3 is 2.31 bits per heavy atom. The monoisotopic (exact) mass is 542 g/mol. The Morgan fingerprint density at radius 2 is 1.77 bits per heavy atom. The number of nitrogens with zero attached hydrogens (tertiary/aromatic N) is 2. The first kappa shape index (κ1) is 29.3. The quantitative estimate of drug-likeness (QED) is 0.374. The second-order valence-corrected chi connectivity index (χ2v) is 11.6. The molecule has 1 aromatic carbocycles. The summed E-state index contributed by atoms with van der Waals surface area (Å²) in [4.78, 5) is 45.7. The van der Waals surface area contributed by atoms with E-state index in [1.807, 2.05) is 52.0 Å². The van der Waals surface area contributed by atoms with Crippen molar-refractivity contribution in [3.63, 3.8) is 0 Å². The number of anilines is 2. The predicted molar refractivity (Wildman–Crippen MR) is 151 cm³/mol. The molecule has 3 aliphatic heterocycles. The molecular formula is C30H46N4O5. The van der Waals surface area contributed by atoms with E-state index in [9.17, 15) is 19.5 Å². The van der Waals surface area contributed by atoms with Crippen molar-refractivity contribution in [2.45, 2.75) is 90.5 Å². The zero-order valence-corrected chi connectivity index (χ0v) is 24.3. The van der Waals surface area contributed by atoms with Crippen LogP contribution >= 0.6 is 0 Å². The SMILES string of the molecule is CCCNC(=O)[C@@H]1[C@H]2C(=O)N([C@@H](CO)C(C)C)C(C(=O)Nc3ccc(N(CC)CC)cc3)C23CC[C@@]1(CC)O3. The van der Waals surface area contributed by atoms with Crippen LogP contribution in [0.5, 0.6) is 0 Å². The molecule has 216 valence electrons. The zero-order valence-electron chi connectivity index (χ0n) is 24.3. The molecule has 3 N–H and O–H groups in total. The number of hydrogen-bond acceptors (Lipinski definition) is 6. The molecule has 0 aliphatic carbocycles. The molecule has 3 heterocycles. The third-order valence-corrected chi connectivity index (χ3v) is 9.28. The summed E-state index contributed by atoms with van der Waals surface area (Å²) in [6.07, 6.45) is 2.49. The number of rotatable bonds is 12. The smallest absolute Gasteiger partial charge is 0.250 e. The molecule has 0 saturated carbocycles. The highest BCUT2D eigenvalue weighted by Gasteiger charge is 2.79. The first-order valence-electron chi connectivity index (χ1n) is 14.7. The maximum atomic E-state index is 14.2. The van der Waals surface area contributed by atoms with Crippen LogP contribution < -0.4 is 15.5 Å². The van der Waals surface area contributed by atoms with Gasteiger partial charge in [-0.3, -0.25) is 14.4 Å². The molecule has 0 aromatic heterocycles. The van der Waals surface area contributed by atoms with Crippen molar-refractivity contribution in [2.75, 3.05) is 36.5 Å². The Kier molecular flexibility index (Phi) is 8.61. The molecule has 4 rings (SSSR count). The largest absolute Gasteiger partial charge is 0.394 e. The lowest BCUT2D eigenvalue weighted by Gasteiger charge is -2.38. The van der Waals surface area contributed by atoms with Crippen molar-refractivity contribution >= 4 is 29.1 Å². The molecular weight excluding hydrogens is 496 g/mol. The number of fused-ring (bicyclic) bond motifs is 1. The van der Waals surface area contributed by atoms with Crippen molar-refractivity contribution in [3.8, 4) is 0 Å². The van der Waals surface area contributed by atoms with Crippen LogP contribution in [0.3, 0.4) is 0 Å². The first-order chi connectivity index (χ1) is 18.6. The fraction of sp³-hybridized carbons (Fsp3) is 0.700. The van der Waals surface area contributed by atoms with Gasteiger partial charge in [0.15, 0.2) is 0 Å². The van der Waals surface area contributed by atoms with Crippen LogP contribution in [-0.4, -0.2) is 77.3 Å². The lowest BCUT2D eigenvalue weighted by molar-refractivity contribution is -0.150. The third kappa shape index (κ3) is 4.71. The van der Waals surface area contributed by atoms with E-state index in [4.69, 9.17) is 4.74 Å². The highest BCUT2D eigenvalue weighted by atomic mass is 16.5. The Hall–Kier alpha value is -2.65. The minimum absolute atomic E-state index is 0.0949. The van der Waals surface area contributed by atoms with Crippen molar-refractivity contribution < 1.29 is 24.2 Å². The molecule has 6 atom stereocenters. The summed E-state index contributed by atoms with van der Waals surface area (Å²) in [5.74, 6) is -2.33. The molecule has 2 unspecified atom stereocenters. The minimum atomic E-state index is -1.12. The summed E-state index contributed by atoms with van der Waals surface area (Å²) >= 11 is 0. The second kappa shape index (κ2) is 11.5. The second-order valence-electron chi connectivity index (χ2n) is 11.6. The summed E-state index contributed by atoms with van der Waals surface area (Å²) in [6, 6.07) is 6.17. The van der Waals surface area contributed by atoms with Gasteiger partial charge in [-0.25, -0.2) is 0 Å². The molecule has 9 heteroatoms. The van der Waals surface area contributed by atoms with Gasteiger partial charge in [-0.2, -0.15) is 0 Å². The fourth-order valence-corrected chi connectivity index (χ4v) is 7.24. The summed E-state index contributed by atoms with van der Waals surface area (Å²) in [5, 5.41) is 16.4. The van der Waals surface area contributed by atoms with Gasteiger partial charge in [0.1, 0.15) is 11.6 Å². The van der Waals surface area contributed by atoms with E-state index >= 15 is 0 Å². The lowest BCUT2D eigenvalue weighted by Crippen LogP contribution is -2.57. The summed E-state index contributed by atoms with van der Waals surface area (Å²) in [7, 11) is 0. The molecule has 2 bridgehead atoms. The number of benzene rings is 1. The molecule has 1 aromatic rings. The number of aliphatic hydroxyl groups is 1. The fourth-order valence-electron chi connectivity index (χ4n) is 7.24. The van der Waals surface area contributed by atoms with Crippen molar-refractivity contribution in [1.29, 1.82) is 0 Å². The molecule has 3 amide bonds. The number of carbonyl (C=O) groups is 3. The van der Waals surface area contributed by atoms with E-state index < -0.39 is 35.1 Å². The van der Waals surface area contributed by atoms with Gasteiger partial charge in [-0.05, 0) is 69.7 Å². The molecule has 9 nitrogen and oxygen atoms in total. The standard InChI is InChI=1S/C30H46N4O5/c1-7-17-31-26(36)23-24-28(38)34(22(18-35)19(5)6)25(30(24)16-15-29(23,8-2)39-30)27(37)32-20-11-13-21(14-12-20)33(9-3)10-4/h11-14,19,22-25,35H,7-10,15-18H2,1-6H3,(H,31,36)(H,32,37)/t22-,23-,24-,25?,29+,30?/m0/s1. The van der Waals surface area contributed by atoms with Gasteiger partial charge in [0.2, 0.25) is 17.7 Å². The number of hydrogen-bond donors (Lipinski definition) is 3. The number of carbonyl (C=O) groups excluding carboxylic acids is 3. The van der Waals surface area contributed by atoms with Crippen LogP contribution in [0.25, 0.3) is 0 Å². The van der Waals surface area contributed by atoms with Gasteiger partial charge in [0.25, 0.3) is 0 Å². The van der Waals surface area contributed by atoms with Crippen molar-refractivity contribution in [3.05, 3.63) is 24.3 Å². The molecule has 3 aliphatic rings. The molecule has 39 heavy (non-hydrogen) atoms. The Balaban J connectivity index is 1.73. The van der Waals surface area contributed by atoms with Crippen LogP contribution in [0.1, 0.15) is 67.2 Å². The molecule has 1 spiro atoms. The molecule has 3 saturated heterocycles. The number of ether oxygens (including phenoxy) is 1. The van der Waals surface area contributed by atoms with E-state index in [1.54, 1.807) is 4.90 Å². The number of likely N-dealkylation sites (tertiary alicyclic amines) is 1. The summed E-state index contributed by atoms with van der Waals surface area (Å²) < 4.78 is 6.79. The van der Waals surface area contributed by atoms with Crippen LogP contribution in [0.4, 0.5) is 11.4 Å². The van der Waals surface area contributed by atoms with Crippen molar-refractivity contribution in [2.24, 2.45) is 17.8 Å². The maximum absolute atomic E-state index is 14.2. The van der Waals surface area contributed by atoms with Gasteiger partial charge in [-0.1, -0.05) is 27.7 Å². The van der Waals surface area contributed by atoms with Crippen molar-refractivity contribution in [1.82, 2.24) is 10.2 Å². The topological polar surface area (TPSA) is 111 Å². The van der Waals surface area contributed by atoms with Gasteiger partial charge >= 0.3 is 0 Å². The van der Waals surface area contributed by atoms with Crippen LogP contribution in [0.15, 0.2) is 24.3 Å². The highest BCUT2D eigenvalue weighted by molar-refractivity contribution is 6.04. The van der Waals surface area contributed by atoms with Gasteiger partial charge in [-0.15, -0.1) is 0 Å². The van der Waals surface area contributed by atoms with Crippen LogP contribution in [0.2, 0.25) is 0 Å². The average molecular weight is 543 g/mol. The van der Waals surface area contributed by atoms with E-state index in [2.05, 4.69) is 29.4 Å². The van der Waals surface area contributed by atoms with E-state index in [-0.39, 0.29) is 30.2 Å². The van der Waals surface area contributed by atoms with E-state index in [0.717, 1.165) is 25.2 Å². The Labute approximate surface area is 232 Å². The Morgan fingerprint density at radius 1 is 1.10 bits per heavy atom.